The summed E-state index contributed by atoms with van der Waals surface area (Å²) in [5, 5.41) is 14.5. The molecule has 0 amide bonds. The van der Waals surface area contributed by atoms with Gasteiger partial charge in [0.1, 0.15) is 0 Å². The Hall–Kier alpha value is -3.02. The normalized spacial score (nSPS) is 10.3. The van der Waals surface area contributed by atoms with Crippen molar-refractivity contribution in [1.29, 1.82) is 0 Å². The van der Waals surface area contributed by atoms with E-state index in [0.717, 1.165) is 16.8 Å². The van der Waals surface area contributed by atoms with Crippen LogP contribution in [0.5, 0.6) is 0 Å². The first-order valence-electron chi connectivity index (χ1n) is 7.37. The number of benzene rings is 1. The van der Waals surface area contributed by atoms with Gasteiger partial charge in [0, 0.05) is 24.6 Å². The molecule has 0 radical (unpaired) electrons. The second-order valence-electron chi connectivity index (χ2n) is 5.32. The predicted molar refractivity (Wildman–Crippen MR) is 90.6 cm³/mol. The van der Waals surface area contributed by atoms with Gasteiger partial charge in [0.15, 0.2) is 5.82 Å². The molecule has 3 rings (SSSR count). The number of aromatic nitrogens is 4. The van der Waals surface area contributed by atoms with Gasteiger partial charge in [-0.15, -0.1) is 5.10 Å². The lowest BCUT2D eigenvalue weighted by Crippen LogP contribution is -2.06. The molecule has 2 N–H and O–H groups in total. The third-order valence-corrected chi connectivity index (χ3v) is 3.42. The summed E-state index contributed by atoms with van der Waals surface area (Å²) in [5.41, 5.74) is 4.42. The smallest absolute Gasteiger partial charge is 0.249 e. The molecule has 0 saturated heterocycles. The van der Waals surface area contributed by atoms with Crippen molar-refractivity contribution < 1.29 is 0 Å². The summed E-state index contributed by atoms with van der Waals surface area (Å²) in [6.45, 7) is 4.75. The van der Waals surface area contributed by atoms with Gasteiger partial charge in [-0.1, -0.05) is 12.1 Å². The minimum atomic E-state index is 0.471. The van der Waals surface area contributed by atoms with E-state index in [4.69, 9.17) is 0 Å². The number of rotatable bonds is 5. The van der Waals surface area contributed by atoms with E-state index in [1.54, 1.807) is 18.6 Å². The van der Waals surface area contributed by atoms with E-state index in [1.165, 1.54) is 5.56 Å². The first-order valence-corrected chi connectivity index (χ1v) is 7.37. The zero-order chi connectivity index (χ0) is 16.1. The minimum absolute atomic E-state index is 0.471. The van der Waals surface area contributed by atoms with Crippen molar-refractivity contribution in [2.75, 3.05) is 10.6 Å². The fourth-order valence-corrected chi connectivity index (χ4v) is 2.13. The molecule has 0 bridgehead atoms. The quantitative estimate of drug-likeness (QED) is 0.753. The Labute approximate surface area is 135 Å². The molecule has 0 atom stereocenters. The van der Waals surface area contributed by atoms with Crippen LogP contribution >= 0.6 is 0 Å². The molecular formula is C17H18N6. The van der Waals surface area contributed by atoms with Crippen LogP contribution in [0.15, 0.2) is 48.9 Å². The van der Waals surface area contributed by atoms with Gasteiger partial charge >= 0.3 is 0 Å². The van der Waals surface area contributed by atoms with Crippen LogP contribution in [0.25, 0.3) is 0 Å². The maximum Gasteiger partial charge on any atom is 0.249 e. The number of hydrogen-bond acceptors (Lipinski definition) is 6. The molecule has 0 aliphatic carbocycles. The molecule has 0 spiro atoms. The molecule has 2 heterocycles. The Morgan fingerprint density at radius 3 is 2.70 bits per heavy atom. The van der Waals surface area contributed by atoms with Crippen LogP contribution in [-0.4, -0.2) is 20.2 Å². The van der Waals surface area contributed by atoms with Gasteiger partial charge in [-0.05, 0) is 48.7 Å². The van der Waals surface area contributed by atoms with Gasteiger partial charge in [-0.25, -0.2) is 0 Å². The van der Waals surface area contributed by atoms with E-state index < -0.39 is 0 Å². The summed E-state index contributed by atoms with van der Waals surface area (Å²) in [4.78, 5) is 8.44. The monoisotopic (exact) mass is 306 g/mol. The molecule has 23 heavy (non-hydrogen) atoms. The van der Waals surface area contributed by atoms with Gasteiger partial charge in [0.2, 0.25) is 5.95 Å². The van der Waals surface area contributed by atoms with Crippen molar-refractivity contribution in [3.8, 4) is 0 Å². The first kappa shape index (κ1) is 14.9. The van der Waals surface area contributed by atoms with Crippen molar-refractivity contribution in [3.63, 3.8) is 0 Å². The van der Waals surface area contributed by atoms with E-state index in [2.05, 4.69) is 55.9 Å². The molecule has 0 unspecified atom stereocenters. The second kappa shape index (κ2) is 6.83. The maximum atomic E-state index is 4.44. The Balaban J connectivity index is 1.71. The first-order chi connectivity index (χ1) is 11.2. The minimum Gasteiger partial charge on any atom is -0.365 e. The van der Waals surface area contributed by atoms with Crippen LogP contribution in [0.2, 0.25) is 0 Å². The number of anilines is 3. The highest BCUT2D eigenvalue weighted by Crippen LogP contribution is 2.19. The van der Waals surface area contributed by atoms with Gasteiger partial charge < -0.3 is 10.6 Å². The van der Waals surface area contributed by atoms with Crippen molar-refractivity contribution in [3.05, 3.63) is 65.6 Å². The number of hydrogen-bond donors (Lipinski definition) is 2. The molecule has 2 aromatic heterocycles. The average Bonchev–Trinajstić information content (AvgIpc) is 2.58. The largest absolute Gasteiger partial charge is 0.365 e. The molecule has 6 nitrogen and oxygen atoms in total. The molecule has 116 valence electrons. The predicted octanol–water partition coefficient (Wildman–Crippen LogP) is 3.24. The number of nitrogens with zero attached hydrogens (tertiary/aromatic N) is 4. The van der Waals surface area contributed by atoms with Gasteiger partial charge in [0.05, 0.1) is 6.20 Å². The lowest BCUT2D eigenvalue weighted by atomic mass is 10.1. The topological polar surface area (TPSA) is 75.6 Å². The lowest BCUT2D eigenvalue weighted by Gasteiger charge is -2.10. The third kappa shape index (κ3) is 4.00. The highest BCUT2D eigenvalue weighted by molar-refractivity contribution is 5.59. The fourth-order valence-electron chi connectivity index (χ4n) is 2.13. The molecule has 6 heteroatoms. The van der Waals surface area contributed by atoms with Crippen molar-refractivity contribution in [2.24, 2.45) is 0 Å². The van der Waals surface area contributed by atoms with Crippen molar-refractivity contribution in [2.45, 2.75) is 20.4 Å². The van der Waals surface area contributed by atoms with E-state index in [1.807, 2.05) is 19.1 Å². The van der Waals surface area contributed by atoms with E-state index in [0.29, 0.717) is 18.3 Å². The molecule has 1 aromatic carbocycles. The zero-order valence-corrected chi connectivity index (χ0v) is 13.1. The van der Waals surface area contributed by atoms with Crippen LogP contribution in [0.4, 0.5) is 17.5 Å². The van der Waals surface area contributed by atoms with Crippen LogP contribution in [0, 0.1) is 13.8 Å². The summed E-state index contributed by atoms with van der Waals surface area (Å²) in [6, 6.07) is 10.1. The average molecular weight is 306 g/mol. The fraction of sp³-hybridized carbons (Fsp3) is 0.176. The van der Waals surface area contributed by atoms with Gasteiger partial charge in [-0.3, -0.25) is 4.98 Å². The number of pyridine rings is 1. The molecule has 0 fully saturated rings. The van der Waals surface area contributed by atoms with Crippen LogP contribution in [0.1, 0.15) is 16.7 Å². The Morgan fingerprint density at radius 2 is 1.87 bits per heavy atom. The Morgan fingerprint density at radius 1 is 1.04 bits per heavy atom. The summed E-state index contributed by atoms with van der Waals surface area (Å²) < 4.78 is 0. The van der Waals surface area contributed by atoms with Crippen molar-refractivity contribution >= 4 is 17.5 Å². The van der Waals surface area contributed by atoms with Crippen LogP contribution in [0.3, 0.4) is 0 Å². The molecule has 0 saturated carbocycles. The number of nitrogens with one attached hydrogen (secondary N) is 2. The Kier molecular flexibility index (Phi) is 4.42. The maximum absolute atomic E-state index is 4.44. The third-order valence-electron chi connectivity index (χ3n) is 3.42. The summed E-state index contributed by atoms with van der Waals surface area (Å²) in [6.07, 6.45) is 5.14. The van der Waals surface area contributed by atoms with Crippen molar-refractivity contribution in [1.82, 2.24) is 20.2 Å². The molecule has 0 aliphatic heterocycles. The summed E-state index contributed by atoms with van der Waals surface area (Å²) in [7, 11) is 0. The van der Waals surface area contributed by atoms with E-state index in [9.17, 15) is 0 Å². The standard InChI is InChI=1S/C17H18N6/c1-12-3-4-13(2)15(9-12)21-17-22-16(11-20-23-17)19-10-14-5-7-18-8-6-14/h3-9,11H,10H2,1-2H3,(H2,19,21,22,23). The molecule has 0 aliphatic rings. The number of aryl methyl sites for hydroxylation is 2. The lowest BCUT2D eigenvalue weighted by molar-refractivity contribution is 0.964. The van der Waals surface area contributed by atoms with Gasteiger partial charge in [-0.2, -0.15) is 10.1 Å². The SMILES string of the molecule is Cc1ccc(C)c(Nc2nncc(NCc3ccncc3)n2)c1. The summed E-state index contributed by atoms with van der Waals surface area (Å²) in [5.74, 6) is 1.14. The van der Waals surface area contributed by atoms with Crippen LogP contribution < -0.4 is 10.6 Å². The van der Waals surface area contributed by atoms with Crippen LogP contribution in [-0.2, 0) is 6.54 Å². The van der Waals surface area contributed by atoms with E-state index in [-0.39, 0.29) is 0 Å². The highest BCUT2D eigenvalue weighted by Gasteiger charge is 2.04. The van der Waals surface area contributed by atoms with Gasteiger partial charge in [0.25, 0.3) is 0 Å². The summed E-state index contributed by atoms with van der Waals surface area (Å²) >= 11 is 0. The zero-order valence-electron chi connectivity index (χ0n) is 13.1. The Bertz CT molecular complexity index is 788. The highest BCUT2D eigenvalue weighted by atomic mass is 15.3. The molecule has 3 aromatic rings. The molecular weight excluding hydrogens is 288 g/mol. The second-order valence-corrected chi connectivity index (χ2v) is 5.32. The van der Waals surface area contributed by atoms with E-state index >= 15 is 0 Å².